The van der Waals surface area contributed by atoms with Gasteiger partial charge in [-0.1, -0.05) is 39.8 Å². The minimum Gasteiger partial charge on any atom is -0.494 e. The number of nitrogens with two attached hydrogens (primary N) is 1. The van der Waals surface area contributed by atoms with Crippen LogP contribution in [0.4, 0.5) is 5.69 Å². The first-order valence-corrected chi connectivity index (χ1v) is 8.45. The zero-order valence-corrected chi connectivity index (χ0v) is 14.6. The van der Waals surface area contributed by atoms with Crippen LogP contribution in [0.2, 0.25) is 0 Å². The smallest absolute Gasteiger partial charge is 0.159 e. The van der Waals surface area contributed by atoms with Gasteiger partial charge in [0.2, 0.25) is 0 Å². The van der Waals surface area contributed by atoms with Crippen molar-refractivity contribution in [1.82, 2.24) is 0 Å². The third-order valence-corrected chi connectivity index (χ3v) is 4.02. The fourth-order valence-electron chi connectivity index (χ4n) is 1.71. The molecular formula is C16H17BrN2O2S. The highest BCUT2D eigenvalue weighted by Gasteiger charge is 2.02. The number of hydrogen-bond donors (Lipinski definition) is 1. The van der Waals surface area contributed by atoms with Gasteiger partial charge in [-0.15, -0.1) is 0 Å². The van der Waals surface area contributed by atoms with E-state index in [9.17, 15) is 0 Å². The van der Waals surface area contributed by atoms with E-state index in [1.54, 1.807) is 7.11 Å². The summed E-state index contributed by atoms with van der Waals surface area (Å²) >= 11 is 4.84. The zero-order chi connectivity index (χ0) is 15.8. The molecule has 2 aromatic carbocycles. The van der Waals surface area contributed by atoms with Crippen LogP contribution in [0.25, 0.3) is 0 Å². The van der Waals surface area contributed by atoms with E-state index in [1.165, 1.54) is 11.8 Å². The Kier molecular flexibility index (Phi) is 6.61. The van der Waals surface area contributed by atoms with Gasteiger partial charge in [-0.3, -0.25) is 0 Å². The molecule has 0 aliphatic heterocycles. The second kappa shape index (κ2) is 8.70. The maximum Gasteiger partial charge on any atom is 0.159 e. The second-order valence-electron chi connectivity index (χ2n) is 4.27. The van der Waals surface area contributed by atoms with Gasteiger partial charge < -0.3 is 15.2 Å². The summed E-state index contributed by atoms with van der Waals surface area (Å²) in [5.74, 6) is 2.27. The minimum absolute atomic E-state index is 0.490. The number of methoxy groups -OCH3 is 1. The van der Waals surface area contributed by atoms with Crippen molar-refractivity contribution in [3.05, 3.63) is 53.0 Å². The Morgan fingerprint density at radius 2 is 1.91 bits per heavy atom. The molecule has 22 heavy (non-hydrogen) atoms. The van der Waals surface area contributed by atoms with E-state index in [0.29, 0.717) is 17.5 Å². The third kappa shape index (κ3) is 5.27. The van der Waals surface area contributed by atoms with Crippen LogP contribution < -0.4 is 15.2 Å². The monoisotopic (exact) mass is 380 g/mol. The lowest BCUT2D eigenvalue weighted by atomic mass is 10.3. The molecule has 0 heterocycles. The first-order chi connectivity index (χ1) is 10.7. The number of rotatable bonds is 6. The predicted molar refractivity (Wildman–Crippen MR) is 96.4 cm³/mol. The van der Waals surface area contributed by atoms with E-state index in [4.69, 9.17) is 15.2 Å². The second-order valence-corrected chi connectivity index (χ2v) is 6.30. The summed E-state index contributed by atoms with van der Waals surface area (Å²) in [7, 11) is 1.61. The van der Waals surface area contributed by atoms with Gasteiger partial charge in [0, 0.05) is 10.2 Å². The molecule has 0 saturated carbocycles. The summed E-state index contributed by atoms with van der Waals surface area (Å²) in [5.41, 5.74) is 6.65. The molecule has 2 aromatic rings. The molecule has 0 amide bonds. The Balaban J connectivity index is 1.81. The molecule has 2 N–H and O–H groups in total. The molecule has 4 nitrogen and oxygen atoms in total. The summed E-state index contributed by atoms with van der Waals surface area (Å²) in [6, 6.07) is 15.2. The summed E-state index contributed by atoms with van der Waals surface area (Å²) < 4.78 is 11.9. The molecule has 0 aromatic heterocycles. The van der Waals surface area contributed by atoms with Gasteiger partial charge in [0.1, 0.15) is 17.2 Å². The largest absolute Gasteiger partial charge is 0.494 e. The molecule has 116 valence electrons. The number of benzene rings is 2. The van der Waals surface area contributed by atoms with Crippen LogP contribution in [0.3, 0.4) is 0 Å². The number of thioether (sulfide) groups is 1. The highest BCUT2D eigenvalue weighted by Crippen LogP contribution is 2.27. The van der Waals surface area contributed by atoms with Crippen LogP contribution in [-0.4, -0.2) is 24.6 Å². The van der Waals surface area contributed by atoms with E-state index in [1.807, 2.05) is 48.5 Å². The Hall–Kier alpha value is -1.66. The van der Waals surface area contributed by atoms with Crippen LogP contribution in [0, 0.1) is 0 Å². The number of ether oxygens (including phenoxy) is 2. The Morgan fingerprint density at radius 1 is 1.18 bits per heavy atom. The lowest BCUT2D eigenvalue weighted by Crippen LogP contribution is -2.10. The van der Waals surface area contributed by atoms with E-state index in [0.717, 1.165) is 21.7 Å². The minimum atomic E-state index is 0.490. The van der Waals surface area contributed by atoms with Crippen molar-refractivity contribution in [2.24, 2.45) is 10.7 Å². The standard InChI is InChI=1S/C16H17BrN2O2S/c1-20-15-5-3-2-4-14(15)19-16(18)22-11-10-21-13-8-6-12(17)7-9-13/h2-9H,10-11H2,1H3,(H2,18,19). The SMILES string of the molecule is COc1ccccc1N=C(N)SCCOc1ccc(Br)cc1. The van der Waals surface area contributed by atoms with Crippen molar-refractivity contribution in [2.75, 3.05) is 19.5 Å². The van der Waals surface area contributed by atoms with E-state index < -0.39 is 0 Å². The molecule has 6 heteroatoms. The Labute approximate surface area is 142 Å². The van der Waals surface area contributed by atoms with Crippen molar-refractivity contribution in [1.29, 1.82) is 0 Å². The fraction of sp³-hybridized carbons (Fsp3) is 0.188. The number of halogens is 1. The highest BCUT2D eigenvalue weighted by atomic mass is 79.9. The summed E-state index contributed by atoms with van der Waals surface area (Å²) in [5, 5.41) is 0.490. The molecule has 0 atom stereocenters. The van der Waals surface area contributed by atoms with Gasteiger partial charge in [0.15, 0.2) is 5.17 Å². The molecule has 0 spiro atoms. The Morgan fingerprint density at radius 3 is 2.64 bits per heavy atom. The number of para-hydroxylation sites is 2. The first kappa shape index (κ1) is 16.7. The average Bonchev–Trinajstić information content (AvgIpc) is 2.54. The van der Waals surface area contributed by atoms with Crippen LogP contribution in [0.5, 0.6) is 11.5 Å². The van der Waals surface area contributed by atoms with Crippen LogP contribution in [0.1, 0.15) is 0 Å². The maximum absolute atomic E-state index is 5.92. The topological polar surface area (TPSA) is 56.8 Å². The van der Waals surface area contributed by atoms with Gasteiger partial charge in [-0.25, -0.2) is 4.99 Å². The average molecular weight is 381 g/mol. The fourth-order valence-corrected chi connectivity index (χ4v) is 2.51. The number of aliphatic imine (C=N–C) groups is 1. The number of nitrogens with zero attached hydrogens (tertiary/aromatic N) is 1. The lowest BCUT2D eigenvalue weighted by Gasteiger charge is -2.07. The van der Waals surface area contributed by atoms with Crippen molar-refractivity contribution in [3.8, 4) is 11.5 Å². The summed E-state index contributed by atoms with van der Waals surface area (Å²) in [4.78, 5) is 4.36. The van der Waals surface area contributed by atoms with Crippen LogP contribution >= 0.6 is 27.7 Å². The van der Waals surface area contributed by atoms with E-state index in [2.05, 4.69) is 20.9 Å². The predicted octanol–water partition coefficient (Wildman–Crippen LogP) is 4.22. The quantitative estimate of drug-likeness (QED) is 0.463. The molecule has 0 unspecified atom stereocenters. The van der Waals surface area contributed by atoms with Crippen molar-refractivity contribution in [3.63, 3.8) is 0 Å². The third-order valence-electron chi connectivity index (χ3n) is 2.73. The van der Waals surface area contributed by atoms with Crippen LogP contribution in [-0.2, 0) is 0 Å². The number of amidine groups is 1. The molecule has 0 radical (unpaired) electrons. The normalized spacial score (nSPS) is 11.3. The first-order valence-electron chi connectivity index (χ1n) is 6.67. The van der Waals surface area contributed by atoms with E-state index in [-0.39, 0.29) is 0 Å². The van der Waals surface area contributed by atoms with Gasteiger partial charge in [0.25, 0.3) is 0 Å². The molecule has 0 aliphatic carbocycles. The molecular weight excluding hydrogens is 364 g/mol. The molecule has 0 fully saturated rings. The van der Waals surface area contributed by atoms with Gasteiger partial charge in [-0.2, -0.15) is 0 Å². The highest BCUT2D eigenvalue weighted by molar-refractivity contribution is 9.10. The van der Waals surface area contributed by atoms with Gasteiger partial charge in [-0.05, 0) is 36.4 Å². The summed E-state index contributed by atoms with van der Waals surface area (Å²) in [6.45, 7) is 0.564. The lowest BCUT2D eigenvalue weighted by molar-refractivity contribution is 0.344. The summed E-state index contributed by atoms with van der Waals surface area (Å²) in [6.07, 6.45) is 0. The maximum atomic E-state index is 5.92. The molecule has 2 rings (SSSR count). The van der Waals surface area contributed by atoms with Crippen molar-refractivity contribution >= 4 is 38.5 Å². The Bertz CT molecular complexity index is 632. The molecule has 0 bridgehead atoms. The van der Waals surface area contributed by atoms with Gasteiger partial charge in [0.05, 0.1) is 13.7 Å². The molecule has 0 saturated heterocycles. The van der Waals surface area contributed by atoms with Crippen molar-refractivity contribution < 1.29 is 9.47 Å². The van der Waals surface area contributed by atoms with Crippen LogP contribution in [0.15, 0.2) is 58.0 Å². The van der Waals surface area contributed by atoms with E-state index >= 15 is 0 Å². The van der Waals surface area contributed by atoms with Gasteiger partial charge >= 0.3 is 0 Å². The zero-order valence-electron chi connectivity index (χ0n) is 12.2. The van der Waals surface area contributed by atoms with Crippen molar-refractivity contribution in [2.45, 2.75) is 0 Å². The molecule has 0 aliphatic rings. The number of hydrogen-bond acceptors (Lipinski definition) is 4.